The summed E-state index contributed by atoms with van der Waals surface area (Å²) >= 11 is 0. The fourth-order valence-corrected chi connectivity index (χ4v) is 3.48. The van der Waals surface area contributed by atoms with Crippen molar-refractivity contribution in [2.75, 3.05) is 5.32 Å². The molecule has 0 unspecified atom stereocenters. The number of carbonyl (C=O) groups excluding carboxylic acids is 1. The van der Waals surface area contributed by atoms with E-state index in [-0.39, 0.29) is 29.9 Å². The van der Waals surface area contributed by atoms with Crippen LogP contribution in [0, 0.1) is 6.92 Å². The lowest BCUT2D eigenvalue weighted by molar-refractivity contribution is 0.0992. The van der Waals surface area contributed by atoms with Crippen LogP contribution < -0.4 is 10.1 Å². The van der Waals surface area contributed by atoms with Crippen LogP contribution in [0.4, 0.5) is 5.69 Å². The fourth-order valence-electron chi connectivity index (χ4n) is 3.48. The Morgan fingerprint density at radius 1 is 1.03 bits per heavy atom. The Morgan fingerprint density at radius 2 is 1.81 bits per heavy atom. The summed E-state index contributed by atoms with van der Waals surface area (Å²) in [5, 5.41) is 15.2. The van der Waals surface area contributed by atoms with E-state index in [4.69, 9.17) is 9.15 Å². The van der Waals surface area contributed by atoms with Gasteiger partial charge in [0.2, 0.25) is 0 Å². The molecule has 1 amide bonds. The minimum atomic E-state index is -0.347. The van der Waals surface area contributed by atoms with E-state index in [1.165, 1.54) is 0 Å². The molecule has 0 saturated heterocycles. The number of rotatable bonds is 6. The molecule has 0 aliphatic carbocycles. The molecule has 1 aromatic heterocycles. The van der Waals surface area contributed by atoms with Crippen molar-refractivity contribution in [1.82, 2.24) is 0 Å². The average Bonchev–Trinajstić information content (AvgIpc) is 3.23. The quantitative estimate of drug-likeness (QED) is 0.357. The molecule has 0 spiro atoms. The molecule has 4 rings (SSSR count). The highest BCUT2D eigenvalue weighted by Gasteiger charge is 2.16. The van der Waals surface area contributed by atoms with Gasteiger partial charge in [-0.1, -0.05) is 44.2 Å². The van der Waals surface area contributed by atoms with Gasteiger partial charge in [-0.15, -0.1) is 0 Å². The average molecular weight is 415 g/mol. The number of aromatic hydroxyl groups is 1. The number of amides is 1. The lowest BCUT2D eigenvalue weighted by atomic mass is 9.99. The van der Waals surface area contributed by atoms with Crippen LogP contribution in [0.2, 0.25) is 0 Å². The first kappa shape index (κ1) is 20.5. The molecule has 5 nitrogen and oxygen atoms in total. The minimum Gasteiger partial charge on any atom is -0.508 e. The molecule has 0 bridgehead atoms. The summed E-state index contributed by atoms with van der Waals surface area (Å²) in [7, 11) is 0. The summed E-state index contributed by atoms with van der Waals surface area (Å²) in [6.45, 7) is 6.04. The number of nitrogens with one attached hydrogen (secondary N) is 1. The Kier molecular flexibility index (Phi) is 5.67. The van der Waals surface area contributed by atoms with Gasteiger partial charge in [-0.2, -0.15) is 0 Å². The molecule has 31 heavy (non-hydrogen) atoms. The van der Waals surface area contributed by atoms with Crippen molar-refractivity contribution in [2.45, 2.75) is 33.3 Å². The minimum absolute atomic E-state index is 0.138. The molecule has 3 aromatic carbocycles. The maximum atomic E-state index is 12.7. The van der Waals surface area contributed by atoms with E-state index in [1.54, 1.807) is 24.3 Å². The summed E-state index contributed by atoms with van der Waals surface area (Å²) in [4.78, 5) is 12.7. The van der Waals surface area contributed by atoms with Gasteiger partial charge in [0.1, 0.15) is 23.9 Å². The number of carbonyl (C=O) groups is 1. The summed E-state index contributed by atoms with van der Waals surface area (Å²) in [6, 6.07) is 20.8. The van der Waals surface area contributed by atoms with Crippen LogP contribution in [0.1, 0.15) is 47.2 Å². The third-order valence-corrected chi connectivity index (χ3v) is 5.23. The number of aryl methyl sites for hydroxylation is 1. The van der Waals surface area contributed by atoms with Crippen molar-refractivity contribution in [1.29, 1.82) is 0 Å². The molecular weight excluding hydrogens is 390 g/mol. The second-order valence-electron chi connectivity index (χ2n) is 7.90. The Balaban J connectivity index is 1.43. The molecule has 2 N–H and O–H groups in total. The van der Waals surface area contributed by atoms with E-state index >= 15 is 0 Å². The van der Waals surface area contributed by atoms with E-state index in [0.29, 0.717) is 11.4 Å². The third kappa shape index (κ3) is 4.56. The number of phenolic OH excluding ortho intramolecular Hbond substituents is 1. The van der Waals surface area contributed by atoms with Gasteiger partial charge in [-0.3, -0.25) is 4.79 Å². The molecule has 158 valence electrons. The van der Waals surface area contributed by atoms with Crippen LogP contribution in [0.3, 0.4) is 0 Å². The van der Waals surface area contributed by atoms with Gasteiger partial charge in [-0.25, -0.2) is 0 Å². The number of furan rings is 1. The van der Waals surface area contributed by atoms with Crippen LogP contribution >= 0.6 is 0 Å². The van der Waals surface area contributed by atoms with Crippen molar-refractivity contribution < 1.29 is 19.1 Å². The van der Waals surface area contributed by atoms with E-state index in [0.717, 1.165) is 27.6 Å². The predicted octanol–water partition coefficient (Wildman–Crippen LogP) is 6.40. The highest BCUT2D eigenvalue weighted by molar-refractivity contribution is 6.02. The SMILES string of the molecule is Cc1cc(O)c(C(C)C)cc1NC(=O)c1ccc(COc2ccc3ccccc3c2)o1. The normalized spacial score (nSPS) is 11.1. The van der Waals surface area contributed by atoms with E-state index < -0.39 is 0 Å². The Hall–Kier alpha value is -3.73. The van der Waals surface area contributed by atoms with Crippen LogP contribution in [-0.4, -0.2) is 11.0 Å². The van der Waals surface area contributed by atoms with Crippen LogP contribution in [0.15, 0.2) is 71.1 Å². The van der Waals surface area contributed by atoms with E-state index in [1.807, 2.05) is 57.2 Å². The molecule has 0 aliphatic heterocycles. The molecule has 0 aliphatic rings. The van der Waals surface area contributed by atoms with Crippen molar-refractivity contribution in [3.05, 3.63) is 89.4 Å². The number of hydrogen-bond donors (Lipinski definition) is 2. The summed E-state index contributed by atoms with van der Waals surface area (Å²) < 4.78 is 11.5. The van der Waals surface area contributed by atoms with Gasteiger partial charge in [0.15, 0.2) is 5.76 Å². The van der Waals surface area contributed by atoms with Crippen LogP contribution in [-0.2, 0) is 6.61 Å². The molecule has 5 heteroatoms. The standard InChI is InChI=1S/C26H25NO4/c1-16(2)22-14-23(17(3)12-24(22)28)27-26(29)25-11-10-21(31-25)15-30-20-9-8-18-6-4-5-7-19(18)13-20/h4-14,16,28H,15H2,1-3H3,(H,27,29). The zero-order chi connectivity index (χ0) is 22.0. The number of benzene rings is 3. The predicted molar refractivity (Wildman–Crippen MR) is 122 cm³/mol. The molecule has 0 radical (unpaired) electrons. The van der Waals surface area contributed by atoms with Gasteiger partial charge in [0.05, 0.1) is 0 Å². The van der Waals surface area contributed by atoms with Gasteiger partial charge >= 0.3 is 0 Å². The maximum absolute atomic E-state index is 12.7. The second-order valence-corrected chi connectivity index (χ2v) is 7.90. The lowest BCUT2D eigenvalue weighted by Gasteiger charge is -2.14. The first-order chi connectivity index (χ1) is 14.9. The second kappa shape index (κ2) is 8.56. The molecule has 0 atom stereocenters. The number of fused-ring (bicyclic) bond motifs is 1. The largest absolute Gasteiger partial charge is 0.508 e. The summed E-state index contributed by atoms with van der Waals surface area (Å²) in [6.07, 6.45) is 0. The highest BCUT2D eigenvalue weighted by Crippen LogP contribution is 2.31. The topological polar surface area (TPSA) is 71.7 Å². The summed E-state index contributed by atoms with van der Waals surface area (Å²) in [5.41, 5.74) is 2.21. The van der Waals surface area contributed by atoms with Gasteiger partial charge in [0, 0.05) is 5.69 Å². The van der Waals surface area contributed by atoms with Crippen molar-refractivity contribution in [3.63, 3.8) is 0 Å². The highest BCUT2D eigenvalue weighted by atomic mass is 16.5. The zero-order valence-corrected chi connectivity index (χ0v) is 17.8. The monoisotopic (exact) mass is 415 g/mol. The van der Waals surface area contributed by atoms with Crippen molar-refractivity contribution >= 4 is 22.4 Å². The fraction of sp³-hybridized carbons (Fsp3) is 0.192. The third-order valence-electron chi connectivity index (χ3n) is 5.23. The van der Waals surface area contributed by atoms with Crippen molar-refractivity contribution in [2.24, 2.45) is 0 Å². The number of ether oxygens (including phenoxy) is 1. The molecule has 1 heterocycles. The Labute approximate surface area is 181 Å². The smallest absolute Gasteiger partial charge is 0.291 e. The van der Waals surface area contributed by atoms with Crippen molar-refractivity contribution in [3.8, 4) is 11.5 Å². The molecular formula is C26H25NO4. The molecule has 4 aromatic rings. The van der Waals surface area contributed by atoms with Gasteiger partial charge < -0.3 is 19.6 Å². The van der Waals surface area contributed by atoms with Crippen LogP contribution in [0.5, 0.6) is 11.5 Å². The lowest BCUT2D eigenvalue weighted by Crippen LogP contribution is -2.12. The maximum Gasteiger partial charge on any atom is 0.291 e. The zero-order valence-electron chi connectivity index (χ0n) is 17.8. The van der Waals surface area contributed by atoms with E-state index in [2.05, 4.69) is 11.4 Å². The summed E-state index contributed by atoms with van der Waals surface area (Å²) in [5.74, 6) is 1.53. The van der Waals surface area contributed by atoms with E-state index in [9.17, 15) is 9.90 Å². The van der Waals surface area contributed by atoms with Crippen LogP contribution in [0.25, 0.3) is 10.8 Å². The first-order valence-corrected chi connectivity index (χ1v) is 10.3. The Bertz CT molecular complexity index is 1240. The first-order valence-electron chi connectivity index (χ1n) is 10.3. The number of phenols is 1. The number of hydrogen-bond acceptors (Lipinski definition) is 4. The van der Waals surface area contributed by atoms with Gasteiger partial charge in [0.25, 0.3) is 5.91 Å². The Morgan fingerprint density at radius 3 is 2.58 bits per heavy atom. The molecule has 0 saturated carbocycles. The van der Waals surface area contributed by atoms with Gasteiger partial charge in [-0.05, 0) is 71.1 Å². The number of anilines is 1. The molecule has 0 fully saturated rings.